The van der Waals surface area contributed by atoms with E-state index in [4.69, 9.17) is 14.2 Å². The Morgan fingerprint density at radius 2 is 1.89 bits per heavy atom. The Morgan fingerprint density at radius 3 is 2.79 bits per heavy atom. The molecule has 7 heteroatoms. The molecule has 2 N–H and O–H groups in total. The van der Waals surface area contributed by atoms with Gasteiger partial charge in [0.15, 0.2) is 18.1 Å². The monoisotopic (exact) mass is 380 g/mol. The number of esters is 1. The summed E-state index contributed by atoms with van der Waals surface area (Å²) in [5, 5.41) is 3.77. The number of rotatable bonds is 6. The Hall–Kier alpha value is -3.48. The highest BCUT2D eigenvalue weighted by molar-refractivity contribution is 5.93. The van der Waals surface area contributed by atoms with E-state index in [1.54, 1.807) is 18.2 Å². The maximum Gasteiger partial charge on any atom is 0.306 e. The standard InChI is InChI=1S/C21H20N2O5/c24-20(23-15-6-7-18-19(11-15)27-10-9-26-18)13-28-21(25)8-5-14-12-22-17-4-2-1-3-16(14)17/h1-4,6-7,11-12,22H,5,8-10,13H2,(H,23,24). The van der Waals surface area contributed by atoms with E-state index >= 15 is 0 Å². The maximum atomic E-state index is 12.0. The molecule has 0 saturated heterocycles. The molecule has 0 bridgehead atoms. The van der Waals surface area contributed by atoms with E-state index in [1.165, 1.54) is 0 Å². The van der Waals surface area contributed by atoms with Gasteiger partial charge in [0, 0.05) is 35.3 Å². The predicted octanol–water partition coefficient (Wildman–Crippen LogP) is 3.05. The first-order valence-electron chi connectivity index (χ1n) is 9.09. The van der Waals surface area contributed by atoms with E-state index in [2.05, 4.69) is 10.3 Å². The highest BCUT2D eigenvalue weighted by atomic mass is 16.6. The van der Waals surface area contributed by atoms with Gasteiger partial charge in [-0.25, -0.2) is 0 Å². The van der Waals surface area contributed by atoms with Crippen molar-refractivity contribution in [3.63, 3.8) is 0 Å². The van der Waals surface area contributed by atoms with Crippen LogP contribution in [0, 0.1) is 0 Å². The molecule has 2 aromatic carbocycles. The highest BCUT2D eigenvalue weighted by Crippen LogP contribution is 2.32. The van der Waals surface area contributed by atoms with Crippen LogP contribution in [0.3, 0.4) is 0 Å². The summed E-state index contributed by atoms with van der Waals surface area (Å²) in [5.74, 6) is 0.410. The van der Waals surface area contributed by atoms with E-state index < -0.39 is 11.9 Å². The largest absolute Gasteiger partial charge is 0.486 e. The third-order valence-corrected chi connectivity index (χ3v) is 4.46. The van der Waals surface area contributed by atoms with Crippen LogP contribution in [0.5, 0.6) is 11.5 Å². The van der Waals surface area contributed by atoms with Crippen LogP contribution in [0.1, 0.15) is 12.0 Å². The number of aromatic amines is 1. The topological polar surface area (TPSA) is 89.7 Å². The van der Waals surface area contributed by atoms with Crippen molar-refractivity contribution in [3.05, 3.63) is 54.2 Å². The van der Waals surface area contributed by atoms with Gasteiger partial charge in [0.05, 0.1) is 0 Å². The average molecular weight is 380 g/mol. The van der Waals surface area contributed by atoms with E-state index in [-0.39, 0.29) is 13.0 Å². The number of nitrogens with one attached hydrogen (secondary N) is 2. The van der Waals surface area contributed by atoms with Gasteiger partial charge in [0.1, 0.15) is 13.2 Å². The van der Waals surface area contributed by atoms with Crippen molar-refractivity contribution < 1.29 is 23.8 Å². The summed E-state index contributed by atoms with van der Waals surface area (Å²) in [6, 6.07) is 13.0. The van der Waals surface area contributed by atoms with Crippen molar-refractivity contribution in [1.82, 2.24) is 4.98 Å². The van der Waals surface area contributed by atoms with Crippen molar-refractivity contribution >= 4 is 28.5 Å². The lowest BCUT2D eigenvalue weighted by Gasteiger charge is -2.19. The molecule has 0 atom stereocenters. The Bertz CT molecular complexity index is 1010. The van der Waals surface area contributed by atoms with Crippen LogP contribution in [-0.2, 0) is 20.7 Å². The van der Waals surface area contributed by atoms with Gasteiger partial charge in [0.2, 0.25) is 0 Å². The number of hydrogen-bond donors (Lipinski definition) is 2. The van der Waals surface area contributed by atoms with Crippen molar-refractivity contribution in [2.75, 3.05) is 25.1 Å². The first-order chi connectivity index (χ1) is 13.7. The quantitative estimate of drug-likeness (QED) is 0.642. The molecule has 0 radical (unpaired) electrons. The summed E-state index contributed by atoms with van der Waals surface area (Å²) in [7, 11) is 0. The van der Waals surface area contributed by atoms with Crippen LogP contribution in [0.25, 0.3) is 10.9 Å². The summed E-state index contributed by atoms with van der Waals surface area (Å²) in [4.78, 5) is 27.2. The van der Waals surface area contributed by atoms with Crippen LogP contribution >= 0.6 is 0 Å². The fourth-order valence-corrected chi connectivity index (χ4v) is 3.11. The fraction of sp³-hybridized carbons (Fsp3) is 0.238. The van der Waals surface area contributed by atoms with Gasteiger partial charge in [-0.15, -0.1) is 0 Å². The number of carbonyl (C=O) groups excluding carboxylic acids is 2. The van der Waals surface area contributed by atoms with Crippen LogP contribution in [-0.4, -0.2) is 36.7 Å². The first kappa shape index (κ1) is 17.9. The second-order valence-corrected chi connectivity index (χ2v) is 6.43. The number of benzene rings is 2. The minimum absolute atomic E-state index is 0.207. The van der Waals surface area contributed by atoms with Crippen molar-refractivity contribution in [3.8, 4) is 11.5 Å². The molecule has 0 saturated carbocycles. The molecule has 28 heavy (non-hydrogen) atoms. The third-order valence-electron chi connectivity index (χ3n) is 4.46. The summed E-state index contributed by atoms with van der Waals surface area (Å²) < 4.78 is 16.0. The average Bonchev–Trinajstić information content (AvgIpc) is 3.14. The Balaban J connectivity index is 1.25. The number of amides is 1. The van der Waals surface area contributed by atoms with Crippen LogP contribution < -0.4 is 14.8 Å². The first-order valence-corrected chi connectivity index (χ1v) is 9.09. The SMILES string of the molecule is O=C(COC(=O)CCc1c[nH]c2ccccc12)Nc1ccc2c(c1)OCCO2. The number of fused-ring (bicyclic) bond motifs is 2. The minimum Gasteiger partial charge on any atom is -0.486 e. The Morgan fingerprint density at radius 1 is 1.07 bits per heavy atom. The number of para-hydroxylation sites is 1. The van der Waals surface area contributed by atoms with Gasteiger partial charge in [-0.2, -0.15) is 0 Å². The lowest BCUT2D eigenvalue weighted by atomic mass is 10.1. The Kier molecular flexibility index (Phi) is 5.14. The molecule has 7 nitrogen and oxygen atoms in total. The van der Waals surface area contributed by atoms with E-state index in [0.29, 0.717) is 36.8 Å². The third kappa shape index (κ3) is 4.09. The molecule has 0 aliphatic carbocycles. The van der Waals surface area contributed by atoms with Gasteiger partial charge < -0.3 is 24.5 Å². The molecule has 0 unspecified atom stereocenters. The summed E-state index contributed by atoms with van der Waals surface area (Å²) in [6.07, 6.45) is 2.65. The number of carbonyl (C=O) groups is 2. The molecule has 144 valence electrons. The fourth-order valence-electron chi connectivity index (χ4n) is 3.11. The maximum absolute atomic E-state index is 12.0. The molecule has 1 aliphatic heterocycles. The number of ether oxygens (including phenoxy) is 3. The van der Waals surface area contributed by atoms with Gasteiger partial charge >= 0.3 is 5.97 Å². The zero-order valence-electron chi connectivity index (χ0n) is 15.2. The smallest absolute Gasteiger partial charge is 0.306 e. The van der Waals surface area contributed by atoms with Crippen LogP contribution in [0.2, 0.25) is 0 Å². The minimum atomic E-state index is -0.414. The molecule has 2 heterocycles. The number of hydrogen-bond acceptors (Lipinski definition) is 5. The lowest BCUT2D eigenvalue weighted by Crippen LogP contribution is -2.21. The van der Waals surface area contributed by atoms with Crippen LogP contribution in [0.15, 0.2) is 48.7 Å². The highest BCUT2D eigenvalue weighted by Gasteiger charge is 2.14. The summed E-state index contributed by atoms with van der Waals surface area (Å²) in [6.45, 7) is 0.646. The van der Waals surface area contributed by atoms with E-state index in [0.717, 1.165) is 16.5 Å². The van der Waals surface area contributed by atoms with Crippen LogP contribution in [0.4, 0.5) is 5.69 Å². The Labute approximate surface area is 161 Å². The van der Waals surface area contributed by atoms with Crippen molar-refractivity contribution in [2.24, 2.45) is 0 Å². The molecule has 4 rings (SSSR count). The predicted molar refractivity (Wildman–Crippen MR) is 104 cm³/mol. The van der Waals surface area contributed by atoms with E-state index in [1.807, 2.05) is 30.5 Å². The molecular weight excluding hydrogens is 360 g/mol. The number of H-pyrrole nitrogens is 1. The molecule has 1 aromatic heterocycles. The molecule has 3 aromatic rings. The molecular formula is C21H20N2O5. The lowest BCUT2D eigenvalue weighted by molar-refractivity contribution is -0.147. The van der Waals surface area contributed by atoms with Gasteiger partial charge in [0.25, 0.3) is 5.91 Å². The number of anilines is 1. The normalized spacial score (nSPS) is 12.6. The van der Waals surface area contributed by atoms with Gasteiger partial charge in [-0.3, -0.25) is 9.59 Å². The second-order valence-electron chi connectivity index (χ2n) is 6.43. The second kappa shape index (κ2) is 8.04. The van der Waals surface area contributed by atoms with E-state index in [9.17, 15) is 9.59 Å². The number of aromatic nitrogens is 1. The molecule has 0 spiro atoms. The zero-order valence-corrected chi connectivity index (χ0v) is 15.2. The van der Waals surface area contributed by atoms with Gasteiger partial charge in [-0.05, 0) is 30.2 Å². The van der Waals surface area contributed by atoms with Gasteiger partial charge in [-0.1, -0.05) is 18.2 Å². The van der Waals surface area contributed by atoms with Crippen molar-refractivity contribution in [1.29, 1.82) is 0 Å². The summed E-state index contributed by atoms with van der Waals surface area (Å²) >= 11 is 0. The zero-order chi connectivity index (χ0) is 19.3. The molecule has 1 amide bonds. The number of aryl methyl sites for hydroxylation is 1. The molecule has 0 fully saturated rings. The summed E-state index contributed by atoms with van der Waals surface area (Å²) in [5.41, 5.74) is 2.64. The van der Waals surface area contributed by atoms with Crippen molar-refractivity contribution in [2.45, 2.75) is 12.8 Å². The molecule has 1 aliphatic rings.